The first-order valence-corrected chi connectivity index (χ1v) is 10.4. The lowest BCUT2D eigenvalue weighted by Gasteiger charge is -2.08. The van der Waals surface area contributed by atoms with Crippen LogP contribution in [0.4, 0.5) is 0 Å². The summed E-state index contributed by atoms with van der Waals surface area (Å²) >= 11 is 0. The molecule has 0 radical (unpaired) electrons. The predicted molar refractivity (Wildman–Crippen MR) is 121 cm³/mol. The van der Waals surface area contributed by atoms with Crippen molar-refractivity contribution in [2.24, 2.45) is 0 Å². The monoisotopic (exact) mass is 448 g/mol. The molecular formula is C26H24O7. The maximum atomic E-state index is 12.4. The predicted octanol–water partition coefficient (Wildman–Crippen LogP) is 4.77. The Morgan fingerprint density at radius 1 is 0.667 bits per heavy atom. The van der Waals surface area contributed by atoms with E-state index in [2.05, 4.69) is 4.74 Å². The number of hydrogen-bond acceptors (Lipinski definition) is 7. The zero-order valence-corrected chi connectivity index (χ0v) is 18.2. The van der Waals surface area contributed by atoms with Gasteiger partial charge in [0, 0.05) is 0 Å². The first kappa shape index (κ1) is 23.5. The highest BCUT2D eigenvalue weighted by Gasteiger charge is 2.12. The maximum Gasteiger partial charge on any atom is 0.343 e. The minimum Gasteiger partial charge on any atom is -0.494 e. The summed E-state index contributed by atoms with van der Waals surface area (Å²) in [6, 6.07) is 19.9. The molecule has 0 aliphatic carbocycles. The van der Waals surface area contributed by atoms with E-state index in [0.717, 1.165) is 12.0 Å². The number of esters is 2. The number of rotatable bonds is 11. The quantitative estimate of drug-likeness (QED) is 0.181. The van der Waals surface area contributed by atoms with Crippen LogP contribution in [0, 0.1) is 6.92 Å². The Morgan fingerprint density at radius 2 is 1.12 bits per heavy atom. The molecule has 7 nitrogen and oxygen atoms in total. The molecule has 7 heteroatoms. The topological polar surface area (TPSA) is 88.1 Å². The molecule has 0 atom stereocenters. The fourth-order valence-corrected chi connectivity index (χ4v) is 2.81. The average Bonchev–Trinajstić information content (AvgIpc) is 2.83. The third kappa shape index (κ3) is 7.50. The molecule has 0 aliphatic heterocycles. The number of hydrogen-bond donors (Lipinski definition) is 0. The zero-order valence-electron chi connectivity index (χ0n) is 18.2. The second-order valence-corrected chi connectivity index (χ2v) is 7.16. The van der Waals surface area contributed by atoms with E-state index in [1.165, 1.54) is 24.3 Å². The van der Waals surface area contributed by atoms with Gasteiger partial charge in [-0.05, 0) is 80.4 Å². The van der Waals surface area contributed by atoms with Crippen LogP contribution in [0.1, 0.15) is 39.1 Å². The maximum absolute atomic E-state index is 12.4. The molecule has 0 N–H and O–H groups in total. The van der Waals surface area contributed by atoms with Gasteiger partial charge in [0.15, 0.2) is 0 Å². The second-order valence-electron chi connectivity index (χ2n) is 7.16. The number of unbranched alkanes of at least 4 members (excludes halogenated alkanes) is 1. The fourth-order valence-electron chi connectivity index (χ4n) is 2.81. The molecule has 0 aromatic heterocycles. The second kappa shape index (κ2) is 12.0. The van der Waals surface area contributed by atoms with E-state index >= 15 is 0 Å². The highest BCUT2D eigenvalue weighted by molar-refractivity contribution is 5.92. The summed E-state index contributed by atoms with van der Waals surface area (Å²) in [6.45, 7) is 3.22. The van der Waals surface area contributed by atoms with Crippen molar-refractivity contribution in [3.63, 3.8) is 0 Å². The largest absolute Gasteiger partial charge is 0.494 e. The minimum atomic E-state index is -0.525. The van der Waals surface area contributed by atoms with Gasteiger partial charge < -0.3 is 18.9 Å². The Labute approximate surface area is 191 Å². The van der Waals surface area contributed by atoms with Crippen LogP contribution < -0.4 is 14.2 Å². The molecule has 0 amide bonds. The summed E-state index contributed by atoms with van der Waals surface area (Å²) in [7, 11) is 0. The van der Waals surface area contributed by atoms with Crippen LogP contribution >= 0.6 is 0 Å². The molecule has 0 heterocycles. The van der Waals surface area contributed by atoms with Gasteiger partial charge in [0.05, 0.1) is 24.3 Å². The standard InChI is InChI=1S/C26H24O7/c1-19-4-10-23(11-5-19)32-26(29)21-8-14-24(15-9-21)33-25(28)20-6-12-22(13-7-20)31-17-3-2-16-30-18-27/h4-15,18H,2-3,16-17H2,1H3. The lowest BCUT2D eigenvalue weighted by atomic mass is 10.2. The molecule has 0 saturated carbocycles. The van der Waals surface area contributed by atoms with Crippen LogP contribution in [0.15, 0.2) is 72.8 Å². The molecule has 33 heavy (non-hydrogen) atoms. The van der Waals surface area contributed by atoms with E-state index in [-0.39, 0.29) is 0 Å². The number of aryl methyl sites for hydroxylation is 1. The normalized spacial score (nSPS) is 10.2. The smallest absolute Gasteiger partial charge is 0.343 e. The number of benzene rings is 3. The van der Waals surface area contributed by atoms with E-state index < -0.39 is 11.9 Å². The van der Waals surface area contributed by atoms with E-state index in [1.54, 1.807) is 36.4 Å². The highest BCUT2D eigenvalue weighted by atomic mass is 16.5. The average molecular weight is 448 g/mol. The molecule has 0 bridgehead atoms. The summed E-state index contributed by atoms with van der Waals surface area (Å²) in [6.07, 6.45) is 1.46. The van der Waals surface area contributed by atoms with Crippen molar-refractivity contribution in [2.45, 2.75) is 19.8 Å². The van der Waals surface area contributed by atoms with Crippen molar-refractivity contribution in [1.29, 1.82) is 0 Å². The van der Waals surface area contributed by atoms with Crippen LogP contribution in [-0.4, -0.2) is 31.6 Å². The number of carbonyl (C=O) groups is 3. The van der Waals surface area contributed by atoms with Gasteiger partial charge in [-0.1, -0.05) is 17.7 Å². The van der Waals surface area contributed by atoms with Crippen LogP contribution in [0.3, 0.4) is 0 Å². The van der Waals surface area contributed by atoms with Crippen LogP contribution in [-0.2, 0) is 9.53 Å². The zero-order chi connectivity index (χ0) is 23.5. The lowest BCUT2D eigenvalue weighted by Crippen LogP contribution is -2.10. The van der Waals surface area contributed by atoms with Crippen molar-refractivity contribution in [3.8, 4) is 17.2 Å². The van der Waals surface area contributed by atoms with Gasteiger partial charge in [-0.15, -0.1) is 0 Å². The Kier molecular flexibility index (Phi) is 8.59. The highest BCUT2D eigenvalue weighted by Crippen LogP contribution is 2.19. The molecule has 3 aromatic carbocycles. The summed E-state index contributed by atoms with van der Waals surface area (Å²) in [5, 5.41) is 0. The van der Waals surface area contributed by atoms with Crippen LogP contribution in [0.25, 0.3) is 0 Å². The van der Waals surface area contributed by atoms with Crippen molar-refractivity contribution in [3.05, 3.63) is 89.5 Å². The van der Waals surface area contributed by atoms with E-state index in [0.29, 0.717) is 54.5 Å². The van der Waals surface area contributed by atoms with Gasteiger partial charge in [0.2, 0.25) is 0 Å². The summed E-state index contributed by atoms with van der Waals surface area (Å²) in [5.74, 6) is 0.371. The molecule has 3 rings (SSSR count). The van der Waals surface area contributed by atoms with Gasteiger partial charge in [0.1, 0.15) is 17.2 Å². The van der Waals surface area contributed by atoms with Gasteiger partial charge in [-0.3, -0.25) is 4.79 Å². The molecule has 0 saturated heterocycles. The summed E-state index contributed by atoms with van der Waals surface area (Å²) in [4.78, 5) is 34.7. The van der Waals surface area contributed by atoms with Crippen LogP contribution in [0.2, 0.25) is 0 Å². The fraction of sp³-hybridized carbons (Fsp3) is 0.192. The Bertz CT molecular complexity index is 1060. The molecule has 0 spiro atoms. The molecule has 3 aromatic rings. The van der Waals surface area contributed by atoms with Gasteiger partial charge in [0.25, 0.3) is 6.47 Å². The molecule has 0 fully saturated rings. The number of ether oxygens (including phenoxy) is 4. The first-order valence-electron chi connectivity index (χ1n) is 10.4. The lowest BCUT2D eigenvalue weighted by molar-refractivity contribution is -0.128. The van der Waals surface area contributed by atoms with Gasteiger partial charge in [-0.25, -0.2) is 9.59 Å². The Morgan fingerprint density at radius 3 is 1.64 bits per heavy atom. The van der Waals surface area contributed by atoms with E-state index in [9.17, 15) is 14.4 Å². The van der Waals surface area contributed by atoms with Gasteiger partial charge >= 0.3 is 11.9 Å². The molecule has 170 valence electrons. The first-order chi connectivity index (χ1) is 16.0. The summed E-state index contributed by atoms with van der Waals surface area (Å²) < 4.78 is 20.9. The third-order valence-electron chi connectivity index (χ3n) is 4.62. The SMILES string of the molecule is Cc1ccc(OC(=O)c2ccc(OC(=O)c3ccc(OCCCCOC=O)cc3)cc2)cc1. The van der Waals surface area contributed by atoms with E-state index in [4.69, 9.17) is 14.2 Å². The van der Waals surface area contributed by atoms with Gasteiger partial charge in [-0.2, -0.15) is 0 Å². The summed E-state index contributed by atoms with van der Waals surface area (Å²) in [5.41, 5.74) is 1.78. The third-order valence-corrected chi connectivity index (χ3v) is 4.62. The van der Waals surface area contributed by atoms with Crippen molar-refractivity contribution in [1.82, 2.24) is 0 Å². The van der Waals surface area contributed by atoms with Crippen LogP contribution in [0.5, 0.6) is 17.2 Å². The molecule has 0 unspecified atom stereocenters. The minimum absolute atomic E-state index is 0.310. The molecule has 0 aliphatic rings. The Hall–Kier alpha value is -4.13. The Balaban J connectivity index is 1.48. The van der Waals surface area contributed by atoms with Crippen molar-refractivity contribution < 1.29 is 33.3 Å². The van der Waals surface area contributed by atoms with Crippen molar-refractivity contribution >= 4 is 18.4 Å². The van der Waals surface area contributed by atoms with E-state index in [1.807, 2.05) is 19.1 Å². The van der Waals surface area contributed by atoms with Crippen molar-refractivity contribution in [2.75, 3.05) is 13.2 Å². The molecular weight excluding hydrogens is 424 g/mol. The number of carbonyl (C=O) groups excluding carboxylic acids is 3.